The summed E-state index contributed by atoms with van der Waals surface area (Å²) in [6.07, 6.45) is 5.06. The predicted molar refractivity (Wildman–Crippen MR) is 70.7 cm³/mol. The fraction of sp³-hybridized carbons (Fsp3) is 0.923. The summed E-state index contributed by atoms with van der Waals surface area (Å²) in [4.78, 5) is 14.0. The van der Waals surface area contributed by atoms with Gasteiger partial charge in [-0.15, -0.1) is 0 Å². The third kappa shape index (κ3) is 5.50. The number of carbonyl (C=O) groups is 1. The number of hydrogen-bond acceptors (Lipinski definition) is 3. The predicted octanol–water partition coefficient (Wildman–Crippen LogP) is 0.962. The number of hydrogen-bond donors (Lipinski definition) is 2. The van der Waals surface area contributed by atoms with Crippen molar-refractivity contribution in [1.82, 2.24) is 10.2 Å². The molecule has 100 valence electrons. The molecule has 0 aromatic heterocycles. The van der Waals surface area contributed by atoms with E-state index in [1.54, 1.807) is 0 Å². The van der Waals surface area contributed by atoms with Crippen molar-refractivity contribution in [3.05, 3.63) is 0 Å². The van der Waals surface area contributed by atoms with Crippen LogP contribution in [0.5, 0.6) is 0 Å². The Labute approximate surface area is 105 Å². The van der Waals surface area contributed by atoms with Gasteiger partial charge in [-0.1, -0.05) is 6.92 Å². The molecule has 1 aliphatic heterocycles. The summed E-state index contributed by atoms with van der Waals surface area (Å²) in [5.74, 6) is 0.745. The Morgan fingerprint density at radius 2 is 2.29 bits per heavy atom. The average Bonchev–Trinajstić information content (AvgIpc) is 2.70. The van der Waals surface area contributed by atoms with Gasteiger partial charge in [-0.25, -0.2) is 0 Å². The van der Waals surface area contributed by atoms with Crippen LogP contribution in [0.2, 0.25) is 0 Å². The zero-order chi connectivity index (χ0) is 12.7. The highest BCUT2D eigenvalue weighted by molar-refractivity contribution is 5.75. The van der Waals surface area contributed by atoms with Crippen LogP contribution in [0.3, 0.4) is 0 Å². The molecule has 0 aromatic carbocycles. The van der Waals surface area contributed by atoms with Crippen LogP contribution in [0.4, 0.5) is 0 Å². The van der Waals surface area contributed by atoms with E-state index in [0.29, 0.717) is 18.4 Å². The molecule has 0 spiro atoms. The zero-order valence-electron chi connectivity index (χ0n) is 11.2. The van der Waals surface area contributed by atoms with E-state index in [4.69, 9.17) is 5.73 Å². The maximum Gasteiger partial charge on any atom is 0.220 e. The molecule has 4 nitrogen and oxygen atoms in total. The molecule has 1 aliphatic rings. The Hall–Kier alpha value is -0.610. The van der Waals surface area contributed by atoms with Gasteiger partial charge in [-0.2, -0.15) is 0 Å². The van der Waals surface area contributed by atoms with Gasteiger partial charge in [0.05, 0.1) is 0 Å². The first-order chi connectivity index (χ1) is 8.13. The summed E-state index contributed by atoms with van der Waals surface area (Å²) in [6.45, 7) is 4.84. The second-order valence-electron chi connectivity index (χ2n) is 5.30. The van der Waals surface area contributed by atoms with Crippen LogP contribution < -0.4 is 11.1 Å². The first-order valence-electron chi connectivity index (χ1n) is 6.80. The van der Waals surface area contributed by atoms with Gasteiger partial charge >= 0.3 is 0 Å². The number of nitrogens with one attached hydrogen (secondary N) is 1. The monoisotopic (exact) mass is 241 g/mol. The second-order valence-corrected chi connectivity index (χ2v) is 5.30. The van der Waals surface area contributed by atoms with E-state index in [0.717, 1.165) is 32.5 Å². The highest BCUT2D eigenvalue weighted by Crippen LogP contribution is 2.14. The highest BCUT2D eigenvalue weighted by Gasteiger charge is 2.20. The van der Waals surface area contributed by atoms with Gasteiger partial charge in [0, 0.05) is 19.0 Å². The fourth-order valence-corrected chi connectivity index (χ4v) is 2.36. The SMILES string of the molecule is CC(CCN)CCC(=O)NCC1CCCN1C. The number of carbonyl (C=O) groups excluding carboxylic acids is 1. The van der Waals surface area contributed by atoms with Gasteiger partial charge in [0.15, 0.2) is 0 Å². The van der Waals surface area contributed by atoms with Crippen LogP contribution >= 0.6 is 0 Å². The molecule has 1 amide bonds. The van der Waals surface area contributed by atoms with Crippen molar-refractivity contribution < 1.29 is 4.79 Å². The Morgan fingerprint density at radius 1 is 1.53 bits per heavy atom. The van der Waals surface area contributed by atoms with E-state index in [1.165, 1.54) is 12.8 Å². The lowest BCUT2D eigenvalue weighted by atomic mass is 10.0. The quantitative estimate of drug-likeness (QED) is 0.698. The smallest absolute Gasteiger partial charge is 0.220 e. The van der Waals surface area contributed by atoms with Crippen molar-refractivity contribution in [3.8, 4) is 0 Å². The molecule has 4 heteroatoms. The van der Waals surface area contributed by atoms with Crippen molar-refractivity contribution in [1.29, 1.82) is 0 Å². The van der Waals surface area contributed by atoms with E-state index in [1.807, 2.05) is 0 Å². The Morgan fingerprint density at radius 3 is 2.88 bits per heavy atom. The van der Waals surface area contributed by atoms with Crippen LogP contribution in [-0.4, -0.2) is 43.5 Å². The van der Waals surface area contributed by atoms with Gasteiger partial charge in [-0.3, -0.25) is 4.79 Å². The molecule has 1 fully saturated rings. The van der Waals surface area contributed by atoms with E-state index < -0.39 is 0 Å². The van der Waals surface area contributed by atoms with Crippen LogP contribution in [0, 0.1) is 5.92 Å². The first kappa shape index (κ1) is 14.5. The summed E-state index contributed by atoms with van der Waals surface area (Å²) in [5, 5.41) is 3.04. The van der Waals surface area contributed by atoms with E-state index in [2.05, 4.69) is 24.2 Å². The van der Waals surface area contributed by atoms with Crippen molar-refractivity contribution in [2.24, 2.45) is 11.7 Å². The minimum Gasteiger partial charge on any atom is -0.355 e. The lowest BCUT2D eigenvalue weighted by molar-refractivity contribution is -0.121. The summed E-state index contributed by atoms with van der Waals surface area (Å²) >= 11 is 0. The number of rotatable bonds is 7. The molecule has 1 rings (SSSR count). The largest absolute Gasteiger partial charge is 0.355 e. The Bertz CT molecular complexity index is 233. The van der Waals surface area contributed by atoms with Crippen molar-refractivity contribution in [3.63, 3.8) is 0 Å². The van der Waals surface area contributed by atoms with Gasteiger partial charge in [0.2, 0.25) is 5.91 Å². The molecule has 17 heavy (non-hydrogen) atoms. The number of nitrogens with two attached hydrogens (primary N) is 1. The molecule has 2 unspecified atom stereocenters. The Kier molecular flexibility index (Phi) is 6.52. The van der Waals surface area contributed by atoms with E-state index in [9.17, 15) is 4.79 Å². The molecular weight excluding hydrogens is 214 g/mol. The lowest BCUT2D eigenvalue weighted by Gasteiger charge is -2.19. The van der Waals surface area contributed by atoms with Crippen molar-refractivity contribution in [2.45, 2.75) is 45.1 Å². The van der Waals surface area contributed by atoms with E-state index in [-0.39, 0.29) is 5.91 Å². The number of likely N-dealkylation sites (N-methyl/N-ethyl adjacent to an activating group) is 1. The summed E-state index contributed by atoms with van der Waals surface area (Å²) < 4.78 is 0. The fourth-order valence-electron chi connectivity index (χ4n) is 2.36. The lowest BCUT2D eigenvalue weighted by Crippen LogP contribution is -2.38. The third-order valence-electron chi connectivity index (χ3n) is 3.73. The van der Waals surface area contributed by atoms with E-state index >= 15 is 0 Å². The van der Waals surface area contributed by atoms with Crippen LogP contribution in [-0.2, 0) is 4.79 Å². The molecule has 0 aliphatic carbocycles. The van der Waals surface area contributed by atoms with Crippen molar-refractivity contribution >= 4 is 5.91 Å². The topological polar surface area (TPSA) is 58.4 Å². The first-order valence-corrected chi connectivity index (χ1v) is 6.80. The molecule has 2 atom stereocenters. The van der Waals surface area contributed by atoms with Crippen molar-refractivity contribution in [2.75, 3.05) is 26.7 Å². The van der Waals surface area contributed by atoms with Crippen LogP contribution in [0.1, 0.15) is 39.0 Å². The molecule has 0 radical (unpaired) electrons. The minimum atomic E-state index is 0.189. The standard InChI is InChI=1S/C13H27N3O/c1-11(7-8-14)5-6-13(17)15-10-12-4-3-9-16(12)2/h11-12H,3-10,14H2,1-2H3,(H,15,17). The van der Waals surface area contributed by atoms with Crippen LogP contribution in [0.15, 0.2) is 0 Å². The van der Waals surface area contributed by atoms with Gasteiger partial charge in [0.1, 0.15) is 0 Å². The number of likely N-dealkylation sites (tertiary alicyclic amines) is 1. The third-order valence-corrected chi connectivity index (χ3v) is 3.73. The second kappa shape index (κ2) is 7.67. The summed E-state index contributed by atoms with van der Waals surface area (Å²) in [7, 11) is 2.13. The Balaban J connectivity index is 2.08. The molecule has 1 saturated heterocycles. The number of nitrogens with zero attached hydrogens (tertiary/aromatic N) is 1. The molecule has 0 aromatic rings. The molecule has 3 N–H and O–H groups in total. The van der Waals surface area contributed by atoms with Gasteiger partial charge in [-0.05, 0) is 51.7 Å². The maximum absolute atomic E-state index is 11.7. The van der Waals surface area contributed by atoms with Gasteiger partial charge in [0.25, 0.3) is 0 Å². The molecule has 1 heterocycles. The number of amides is 1. The molecule has 0 saturated carbocycles. The molecular formula is C13H27N3O. The maximum atomic E-state index is 11.7. The highest BCUT2D eigenvalue weighted by atomic mass is 16.1. The zero-order valence-corrected chi connectivity index (χ0v) is 11.2. The summed E-state index contributed by atoms with van der Waals surface area (Å²) in [6, 6.07) is 0.542. The summed E-state index contributed by atoms with van der Waals surface area (Å²) in [5.41, 5.74) is 5.49. The minimum absolute atomic E-state index is 0.189. The normalized spacial score (nSPS) is 22.6. The van der Waals surface area contributed by atoms with Gasteiger partial charge < -0.3 is 16.0 Å². The van der Waals surface area contributed by atoms with Crippen LogP contribution in [0.25, 0.3) is 0 Å². The average molecular weight is 241 g/mol. The molecule has 0 bridgehead atoms.